The molecule has 2 saturated heterocycles. The first kappa shape index (κ1) is 26.5. The first-order valence-electron chi connectivity index (χ1n) is 12.9. The molecule has 6 nitrogen and oxygen atoms in total. The van der Waals surface area contributed by atoms with E-state index in [9.17, 15) is 14.7 Å². The molecular formula is C28H45N3O3. The van der Waals surface area contributed by atoms with Crippen LogP contribution in [0.4, 0.5) is 0 Å². The van der Waals surface area contributed by atoms with Gasteiger partial charge in [-0.15, -0.1) is 0 Å². The highest BCUT2D eigenvalue weighted by Gasteiger charge is 2.31. The van der Waals surface area contributed by atoms with Crippen molar-refractivity contribution in [3.05, 3.63) is 28.8 Å². The molecule has 0 spiro atoms. The highest BCUT2D eigenvalue weighted by molar-refractivity contribution is 5.80. The Balaban J connectivity index is 1.58. The highest BCUT2D eigenvalue weighted by Crippen LogP contribution is 2.40. The summed E-state index contributed by atoms with van der Waals surface area (Å²) in [7, 11) is 2.10. The van der Waals surface area contributed by atoms with Gasteiger partial charge in [-0.1, -0.05) is 53.7 Å². The van der Waals surface area contributed by atoms with Crippen LogP contribution in [-0.4, -0.2) is 77.9 Å². The van der Waals surface area contributed by atoms with Crippen molar-refractivity contribution < 1.29 is 14.7 Å². The summed E-state index contributed by atoms with van der Waals surface area (Å²) in [6.45, 7) is 17.5. The number of rotatable bonds is 4. The molecule has 34 heavy (non-hydrogen) atoms. The topological polar surface area (TPSA) is 64.1 Å². The number of phenolic OH excluding ortho intramolecular Hbond substituents is 1. The van der Waals surface area contributed by atoms with Crippen LogP contribution in [0.5, 0.6) is 5.75 Å². The van der Waals surface area contributed by atoms with Crippen molar-refractivity contribution in [3.63, 3.8) is 0 Å². The van der Waals surface area contributed by atoms with E-state index in [0.717, 1.165) is 55.7 Å². The van der Waals surface area contributed by atoms with Crippen molar-refractivity contribution in [1.82, 2.24) is 14.7 Å². The lowest BCUT2D eigenvalue weighted by atomic mass is 9.78. The number of hydrogen-bond acceptors (Lipinski definition) is 4. The average molecular weight is 472 g/mol. The predicted octanol–water partition coefficient (Wildman–Crippen LogP) is 3.93. The van der Waals surface area contributed by atoms with E-state index < -0.39 is 0 Å². The van der Waals surface area contributed by atoms with E-state index in [-0.39, 0.29) is 28.6 Å². The number of carbonyl (C=O) groups is 2. The zero-order valence-corrected chi connectivity index (χ0v) is 22.4. The Kier molecular flexibility index (Phi) is 8.01. The summed E-state index contributed by atoms with van der Waals surface area (Å²) < 4.78 is 0. The normalized spacial score (nSPS) is 18.9. The molecule has 1 aromatic rings. The number of aromatic hydroxyl groups is 1. The summed E-state index contributed by atoms with van der Waals surface area (Å²) in [4.78, 5) is 32.1. The molecule has 0 saturated carbocycles. The van der Waals surface area contributed by atoms with Gasteiger partial charge in [0.05, 0.1) is 0 Å². The molecule has 1 aromatic carbocycles. The second kappa shape index (κ2) is 10.3. The number of piperazine rings is 1. The van der Waals surface area contributed by atoms with Crippen LogP contribution < -0.4 is 0 Å². The van der Waals surface area contributed by atoms with Gasteiger partial charge in [0, 0.05) is 51.6 Å². The Morgan fingerprint density at radius 3 is 1.82 bits per heavy atom. The number of piperidine rings is 1. The molecule has 6 heteroatoms. The molecule has 2 heterocycles. The smallest absolute Gasteiger partial charge is 0.225 e. The van der Waals surface area contributed by atoms with Gasteiger partial charge in [0.25, 0.3) is 0 Å². The summed E-state index contributed by atoms with van der Waals surface area (Å²) in [5, 5.41) is 10.9. The molecule has 2 fully saturated rings. The Bertz CT molecular complexity index is 846. The zero-order chi connectivity index (χ0) is 25.3. The van der Waals surface area contributed by atoms with Gasteiger partial charge >= 0.3 is 0 Å². The number of hydrogen-bond donors (Lipinski definition) is 1. The fourth-order valence-corrected chi connectivity index (χ4v) is 5.05. The standard InChI is InChI=1S/C28H45N3O3/c1-27(2,3)22-18-20(19-23(25(22)33)28(4,5)6)8-9-24(32)30-12-10-21(11-13-30)26(34)31-16-14-29(7)15-17-31/h18-19,21,33H,8-17H2,1-7H3. The third kappa shape index (κ3) is 6.32. The van der Waals surface area contributed by atoms with Gasteiger partial charge in [-0.2, -0.15) is 0 Å². The fourth-order valence-electron chi connectivity index (χ4n) is 5.05. The molecule has 1 N–H and O–H groups in total. The number of aryl methyl sites for hydroxylation is 1. The molecular weight excluding hydrogens is 426 g/mol. The van der Waals surface area contributed by atoms with Crippen LogP contribution in [0.15, 0.2) is 12.1 Å². The molecule has 2 amide bonds. The number of carbonyl (C=O) groups excluding carboxylic acids is 2. The summed E-state index contributed by atoms with van der Waals surface area (Å²) >= 11 is 0. The highest BCUT2D eigenvalue weighted by atomic mass is 16.3. The maximum atomic E-state index is 13.0. The van der Waals surface area contributed by atoms with Crippen molar-refractivity contribution in [2.24, 2.45) is 5.92 Å². The van der Waals surface area contributed by atoms with Gasteiger partial charge in [0.15, 0.2) is 0 Å². The minimum absolute atomic E-state index is 0.0493. The fraction of sp³-hybridized carbons (Fsp3) is 0.714. The molecule has 0 aliphatic carbocycles. The second-order valence-corrected chi connectivity index (χ2v) is 12.3. The first-order valence-corrected chi connectivity index (χ1v) is 12.9. The van der Waals surface area contributed by atoms with E-state index in [1.165, 1.54) is 0 Å². The maximum absolute atomic E-state index is 13.0. The molecule has 3 rings (SSSR count). The van der Waals surface area contributed by atoms with Gasteiger partial charge in [0.1, 0.15) is 5.75 Å². The molecule has 0 bridgehead atoms. The van der Waals surface area contributed by atoms with Crippen molar-refractivity contribution in [2.75, 3.05) is 46.3 Å². The predicted molar refractivity (Wildman–Crippen MR) is 137 cm³/mol. The van der Waals surface area contributed by atoms with Gasteiger partial charge in [-0.3, -0.25) is 9.59 Å². The van der Waals surface area contributed by atoms with E-state index in [0.29, 0.717) is 31.7 Å². The number of benzene rings is 1. The largest absolute Gasteiger partial charge is 0.507 e. The van der Waals surface area contributed by atoms with Gasteiger partial charge in [-0.05, 0) is 53.8 Å². The summed E-state index contributed by atoms with van der Waals surface area (Å²) in [5.41, 5.74) is 2.61. The molecule has 2 aliphatic rings. The minimum atomic E-state index is -0.178. The maximum Gasteiger partial charge on any atom is 0.225 e. The minimum Gasteiger partial charge on any atom is -0.507 e. The van der Waals surface area contributed by atoms with Gasteiger partial charge in [-0.25, -0.2) is 0 Å². The van der Waals surface area contributed by atoms with Crippen LogP contribution in [0.2, 0.25) is 0 Å². The second-order valence-electron chi connectivity index (χ2n) is 12.3. The van der Waals surface area contributed by atoms with E-state index in [1.807, 2.05) is 9.80 Å². The van der Waals surface area contributed by atoms with E-state index in [1.54, 1.807) is 0 Å². The molecule has 0 unspecified atom stereocenters. The van der Waals surface area contributed by atoms with Crippen LogP contribution in [0.3, 0.4) is 0 Å². The van der Waals surface area contributed by atoms with Crippen LogP contribution in [0.25, 0.3) is 0 Å². The monoisotopic (exact) mass is 471 g/mol. The Hall–Kier alpha value is -2.08. The number of nitrogens with zero attached hydrogens (tertiary/aromatic N) is 3. The van der Waals surface area contributed by atoms with Gasteiger partial charge in [0.2, 0.25) is 11.8 Å². The molecule has 0 radical (unpaired) electrons. The van der Waals surface area contributed by atoms with E-state index in [2.05, 4.69) is 65.6 Å². The van der Waals surface area contributed by atoms with Crippen molar-refractivity contribution >= 4 is 11.8 Å². The van der Waals surface area contributed by atoms with Crippen LogP contribution >= 0.6 is 0 Å². The van der Waals surface area contributed by atoms with E-state index >= 15 is 0 Å². The van der Waals surface area contributed by atoms with Crippen LogP contribution in [0.1, 0.15) is 77.5 Å². The summed E-state index contributed by atoms with van der Waals surface area (Å²) in [6.07, 6.45) is 2.64. The van der Waals surface area contributed by atoms with Crippen LogP contribution in [0, 0.1) is 5.92 Å². The van der Waals surface area contributed by atoms with Crippen molar-refractivity contribution in [3.8, 4) is 5.75 Å². The quantitative estimate of drug-likeness (QED) is 0.723. The lowest BCUT2D eigenvalue weighted by molar-refractivity contribution is -0.141. The van der Waals surface area contributed by atoms with Gasteiger partial charge < -0.3 is 19.8 Å². The van der Waals surface area contributed by atoms with Crippen molar-refractivity contribution in [2.45, 2.75) is 78.1 Å². The van der Waals surface area contributed by atoms with Crippen LogP contribution in [-0.2, 0) is 26.8 Å². The lowest BCUT2D eigenvalue weighted by Gasteiger charge is -2.37. The Morgan fingerprint density at radius 2 is 1.35 bits per heavy atom. The number of amides is 2. The third-order valence-electron chi connectivity index (χ3n) is 7.43. The van der Waals surface area contributed by atoms with Crippen molar-refractivity contribution in [1.29, 1.82) is 0 Å². The molecule has 190 valence electrons. The first-order chi connectivity index (χ1) is 15.8. The van der Waals surface area contributed by atoms with E-state index in [4.69, 9.17) is 0 Å². The Labute approximate surface area is 206 Å². The molecule has 0 atom stereocenters. The Morgan fingerprint density at radius 1 is 0.853 bits per heavy atom. The zero-order valence-electron chi connectivity index (χ0n) is 22.4. The molecule has 0 aromatic heterocycles. The average Bonchev–Trinajstić information content (AvgIpc) is 2.76. The number of phenols is 1. The SMILES string of the molecule is CN1CCN(C(=O)C2CCN(C(=O)CCc3cc(C(C)(C)C)c(O)c(C(C)(C)C)c3)CC2)CC1. The number of likely N-dealkylation sites (tertiary alicyclic amines) is 1. The summed E-state index contributed by atoms with van der Waals surface area (Å²) in [6, 6.07) is 4.14. The third-order valence-corrected chi connectivity index (χ3v) is 7.43. The molecule has 2 aliphatic heterocycles. The number of likely N-dealkylation sites (N-methyl/N-ethyl adjacent to an activating group) is 1. The lowest BCUT2D eigenvalue weighted by Crippen LogP contribution is -2.51. The summed E-state index contributed by atoms with van der Waals surface area (Å²) in [5.74, 6) is 0.859.